The number of furan rings is 1. The number of piperazine rings is 1. The number of amides is 2. The van der Waals surface area contributed by atoms with E-state index in [0.29, 0.717) is 48.4 Å². The number of hydrogen-bond acceptors (Lipinski definition) is 5. The monoisotopic (exact) mass is 391 g/mol. The summed E-state index contributed by atoms with van der Waals surface area (Å²) in [6, 6.07) is 8.14. The molecule has 0 radical (unpaired) electrons. The Hall–Kier alpha value is -2.51. The Morgan fingerprint density at radius 3 is 2.56 bits per heavy atom. The molecular weight excluding hydrogens is 370 g/mol. The number of carbonyl (C=O) groups excluding carboxylic acids is 2. The number of benzene rings is 1. The zero-order valence-corrected chi connectivity index (χ0v) is 16.0. The second-order valence-corrected chi connectivity index (χ2v) is 6.73. The van der Waals surface area contributed by atoms with Gasteiger partial charge in [-0.2, -0.15) is 0 Å². The van der Waals surface area contributed by atoms with Crippen LogP contribution in [-0.4, -0.2) is 60.9 Å². The normalized spacial score (nSPS) is 16.0. The number of ether oxygens (including phenoxy) is 1. The van der Waals surface area contributed by atoms with Gasteiger partial charge in [-0.3, -0.25) is 14.5 Å². The van der Waals surface area contributed by atoms with Crippen molar-refractivity contribution in [3.63, 3.8) is 0 Å². The van der Waals surface area contributed by atoms with Gasteiger partial charge in [0.2, 0.25) is 5.91 Å². The van der Waals surface area contributed by atoms with Gasteiger partial charge >= 0.3 is 0 Å². The van der Waals surface area contributed by atoms with Gasteiger partial charge in [-0.15, -0.1) is 0 Å². The average molecular weight is 392 g/mol. The lowest BCUT2D eigenvalue weighted by molar-refractivity contribution is -0.121. The summed E-state index contributed by atoms with van der Waals surface area (Å²) >= 11 is 6.10. The molecule has 0 spiro atoms. The van der Waals surface area contributed by atoms with Gasteiger partial charge in [-0.05, 0) is 37.3 Å². The van der Waals surface area contributed by atoms with Crippen LogP contribution in [-0.2, 0) is 4.79 Å². The van der Waals surface area contributed by atoms with Crippen molar-refractivity contribution in [2.75, 3.05) is 38.6 Å². The topological polar surface area (TPSA) is 75.0 Å². The first kappa shape index (κ1) is 19.3. The predicted molar refractivity (Wildman–Crippen MR) is 102 cm³/mol. The maximum Gasteiger partial charge on any atom is 0.289 e. The molecule has 1 aliphatic heterocycles. The first-order chi connectivity index (χ1) is 13.0. The molecule has 27 heavy (non-hydrogen) atoms. The Bertz CT molecular complexity index is 801. The van der Waals surface area contributed by atoms with Crippen LogP contribution in [0.3, 0.4) is 0 Å². The molecule has 0 saturated carbocycles. The summed E-state index contributed by atoms with van der Waals surface area (Å²) in [5.41, 5.74) is 0.615. The van der Waals surface area contributed by atoms with Crippen LogP contribution in [0.4, 0.5) is 5.69 Å². The molecule has 0 bridgehead atoms. The van der Waals surface area contributed by atoms with Gasteiger partial charge in [0.25, 0.3) is 5.91 Å². The minimum absolute atomic E-state index is 0.121. The lowest BCUT2D eigenvalue weighted by Crippen LogP contribution is -2.54. The van der Waals surface area contributed by atoms with Crippen molar-refractivity contribution >= 4 is 29.1 Å². The molecule has 1 fully saturated rings. The molecule has 1 N–H and O–H groups in total. The molecule has 1 atom stereocenters. The highest BCUT2D eigenvalue weighted by molar-refractivity contribution is 6.32. The Balaban J connectivity index is 1.54. The lowest BCUT2D eigenvalue weighted by atomic mass is 10.2. The van der Waals surface area contributed by atoms with Gasteiger partial charge in [-0.25, -0.2) is 0 Å². The zero-order chi connectivity index (χ0) is 19.4. The van der Waals surface area contributed by atoms with E-state index in [2.05, 4.69) is 5.32 Å². The number of nitrogens with zero attached hydrogens (tertiary/aromatic N) is 2. The smallest absolute Gasteiger partial charge is 0.289 e. The molecule has 1 aromatic heterocycles. The Morgan fingerprint density at radius 1 is 1.22 bits per heavy atom. The maximum atomic E-state index is 12.6. The molecule has 2 heterocycles. The highest BCUT2D eigenvalue weighted by Crippen LogP contribution is 2.27. The highest BCUT2D eigenvalue weighted by atomic mass is 35.5. The van der Waals surface area contributed by atoms with Gasteiger partial charge in [-0.1, -0.05) is 11.6 Å². The van der Waals surface area contributed by atoms with E-state index in [9.17, 15) is 9.59 Å². The second-order valence-electron chi connectivity index (χ2n) is 6.32. The largest absolute Gasteiger partial charge is 0.495 e. The van der Waals surface area contributed by atoms with Crippen LogP contribution < -0.4 is 10.1 Å². The van der Waals surface area contributed by atoms with Crippen molar-refractivity contribution < 1.29 is 18.7 Å². The van der Waals surface area contributed by atoms with E-state index >= 15 is 0 Å². The van der Waals surface area contributed by atoms with Gasteiger partial charge in [0, 0.05) is 31.9 Å². The SMILES string of the molecule is COc1ccc(NC(=O)C(C)N2CCN(C(=O)c3ccco3)CC2)cc1Cl. The van der Waals surface area contributed by atoms with E-state index in [-0.39, 0.29) is 17.9 Å². The van der Waals surface area contributed by atoms with Crippen molar-refractivity contribution in [2.24, 2.45) is 0 Å². The second kappa shape index (κ2) is 8.45. The number of anilines is 1. The fourth-order valence-corrected chi connectivity index (χ4v) is 3.28. The van der Waals surface area contributed by atoms with Crippen molar-refractivity contribution in [2.45, 2.75) is 13.0 Å². The molecule has 8 heteroatoms. The van der Waals surface area contributed by atoms with Crippen molar-refractivity contribution in [3.05, 3.63) is 47.4 Å². The fourth-order valence-electron chi connectivity index (χ4n) is 3.03. The van der Waals surface area contributed by atoms with Crippen LogP contribution in [0.5, 0.6) is 5.75 Å². The van der Waals surface area contributed by atoms with Gasteiger partial charge in [0.05, 0.1) is 24.4 Å². The van der Waals surface area contributed by atoms with Gasteiger partial charge < -0.3 is 19.4 Å². The summed E-state index contributed by atoms with van der Waals surface area (Å²) in [6.07, 6.45) is 1.49. The minimum atomic E-state index is -0.327. The van der Waals surface area contributed by atoms with Crippen LogP contribution >= 0.6 is 11.6 Å². The third kappa shape index (κ3) is 4.43. The average Bonchev–Trinajstić information content (AvgIpc) is 3.22. The number of halogens is 1. The first-order valence-electron chi connectivity index (χ1n) is 8.71. The van der Waals surface area contributed by atoms with Crippen LogP contribution in [0.25, 0.3) is 0 Å². The van der Waals surface area contributed by atoms with Crippen LogP contribution in [0.15, 0.2) is 41.0 Å². The number of nitrogens with one attached hydrogen (secondary N) is 1. The van der Waals surface area contributed by atoms with E-state index in [1.54, 1.807) is 35.2 Å². The van der Waals surface area contributed by atoms with Crippen molar-refractivity contribution in [1.82, 2.24) is 9.80 Å². The predicted octanol–water partition coefficient (Wildman–Crippen LogP) is 2.73. The number of carbonyl (C=O) groups is 2. The van der Waals surface area contributed by atoms with Gasteiger partial charge in [0.15, 0.2) is 5.76 Å². The summed E-state index contributed by atoms with van der Waals surface area (Å²) in [6.45, 7) is 4.18. The van der Waals surface area contributed by atoms with Crippen LogP contribution in [0.1, 0.15) is 17.5 Å². The molecule has 144 valence electrons. The molecule has 2 amide bonds. The lowest BCUT2D eigenvalue weighted by Gasteiger charge is -2.37. The third-order valence-electron chi connectivity index (χ3n) is 4.68. The summed E-state index contributed by atoms with van der Waals surface area (Å²) in [5, 5.41) is 3.31. The zero-order valence-electron chi connectivity index (χ0n) is 15.3. The van der Waals surface area contributed by atoms with Gasteiger partial charge in [0.1, 0.15) is 5.75 Å². The molecular formula is C19H22ClN3O4. The Morgan fingerprint density at radius 2 is 1.96 bits per heavy atom. The van der Waals surface area contributed by atoms with E-state index in [1.807, 2.05) is 11.8 Å². The molecule has 1 unspecified atom stereocenters. The molecule has 1 aromatic carbocycles. The Kier molecular flexibility index (Phi) is 6.03. The van der Waals surface area contributed by atoms with Crippen LogP contribution in [0.2, 0.25) is 5.02 Å². The molecule has 1 aliphatic rings. The first-order valence-corrected chi connectivity index (χ1v) is 9.08. The van der Waals surface area contributed by atoms with Crippen molar-refractivity contribution in [3.8, 4) is 5.75 Å². The number of methoxy groups -OCH3 is 1. The number of rotatable bonds is 5. The minimum Gasteiger partial charge on any atom is -0.495 e. The van der Waals surface area contributed by atoms with E-state index < -0.39 is 0 Å². The van der Waals surface area contributed by atoms with E-state index in [0.717, 1.165) is 0 Å². The Labute approximate surface area is 162 Å². The molecule has 2 aromatic rings. The summed E-state index contributed by atoms with van der Waals surface area (Å²) in [4.78, 5) is 28.7. The molecule has 1 saturated heterocycles. The summed E-state index contributed by atoms with van der Waals surface area (Å²) in [7, 11) is 1.54. The highest BCUT2D eigenvalue weighted by Gasteiger charge is 2.28. The third-order valence-corrected chi connectivity index (χ3v) is 4.98. The van der Waals surface area contributed by atoms with Crippen molar-refractivity contribution in [1.29, 1.82) is 0 Å². The standard InChI is InChI=1S/C19H22ClN3O4/c1-13(18(24)21-14-5-6-16(26-2)15(20)12-14)22-7-9-23(10-8-22)19(25)17-4-3-11-27-17/h3-6,11-13H,7-10H2,1-2H3,(H,21,24). The maximum absolute atomic E-state index is 12.6. The molecule has 7 nitrogen and oxygen atoms in total. The molecule has 3 rings (SSSR count). The van der Waals surface area contributed by atoms with E-state index in [4.69, 9.17) is 20.8 Å². The number of hydrogen-bond donors (Lipinski definition) is 1. The summed E-state index contributed by atoms with van der Waals surface area (Å²) < 4.78 is 10.3. The van der Waals surface area contributed by atoms with Crippen LogP contribution in [0, 0.1) is 0 Å². The molecule has 0 aliphatic carbocycles. The fraction of sp³-hybridized carbons (Fsp3) is 0.368. The summed E-state index contributed by atoms with van der Waals surface area (Å²) in [5.74, 6) is 0.650. The van der Waals surface area contributed by atoms with E-state index in [1.165, 1.54) is 13.4 Å². The quantitative estimate of drug-likeness (QED) is 0.848.